The molecule has 0 saturated carbocycles. The van der Waals surface area contributed by atoms with Crippen molar-refractivity contribution in [3.05, 3.63) is 46.8 Å². The minimum absolute atomic E-state index is 0.173. The van der Waals surface area contributed by atoms with Crippen molar-refractivity contribution in [2.45, 2.75) is 33.6 Å². The Kier molecular flexibility index (Phi) is 4.28. The van der Waals surface area contributed by atoms with Gasteiger partial charge in [-0.1, -0.05) is 17.7 Å². The van der Waals surface area contributed by atoms with E-state index in [-0.39, 0.29) is 5.91 Å². The molecule has 1 N–H and O–H groups in total. The SMILES string of the molecule is Cc1cc(C)c(NC(=O)c2cnc(N3CCCC3)nc2)c(C)c1. The Bertz CT molecular complexity index is 695. The van der Waals surface area contributed by atoms with Gasteiger partial charge in [-0.3, -0.25) is 4.79 Å². The molecule has 1 aromatic carbocycles. The summed E-state index contributed by atoms with van der Waals surface area (Å²) in [6.07, 6.45) is 5.57. The molecule has 5 heteroatoms. The number of aryl methyl sites for hydroxylation is 3. The molecule has 2 aromatic rings. The first-order valence-electron chi connectivity index (χ1n) is 8.01. The van der Waals surface area contributed by atoms with Crippen LogP contribution in [0.25, 0.3) is 0 Å². The van der Waals surface area contributed by atoms with Crippen molar-refractivity contribution in [1.29, 1.82) is 0 Å². The number of aromatic nitrogens is 2. The summed E-state index contributed by atoms with van der Waals surface area (Å²) in [6, 6.07) is 4.13. The summed E-state index contributed by atoms with van der Waals surface area (Å²) >= 11 is 0. The average Bonchev–Trinajstić information content (AvgIpc) is 3.05. The van der Waals surface area contributed by atoms with Crippen molar-refractivity contribution in [2.75, 3.05) is 23.3 Å². The van der Waals surface area contributed by atoms with Gasteiger partial charge in [0.1, 0.15) is 0 Å². The quantitative estimate of drug-likeness (QED) is 0.945. The molecule has 1 aromatic heterocycles. The maximum absolute atomic E-state index is 12.4. The fourth-order valence-corrected chi connectivity index (χ4v) is 3.08. The van der Waals surface area contributed by atoms with Gasteiger partial charge in [0.25, 0.3) is 5.91 Å². The van der Waals surface area contributed by atoms with Crippen LogP contribution in [0.2, 0.25) is 0 Å². The molecule has 3 rings (SSSR count). The van der Waals surface area contributed by atoms with E-state index in [0.717, 1.165) is 29.9 Å². The summed E-state index contributed by atoms with van der Waals surface area (Å²) in [7, 11) is 0. The maximum Gasteiger partial charge on any atom is 0.258 e. The average molecular weight is 310 g/mol. The lowest BCUT2D eigenvalue weighted by molar-refractivity contribution is 0.102. The monoisotopic (exact) mass is 310 g/mol. The molecule has 1 fully saturated rings. The molecule has 1 saturated heterocycles. The highest BCUT2D eigenvalue weighted by Gasteiger charge is 2.16. The van der Waals surface area contributed by atoms with Crippen LogP contribution in [0.4, 0.5) is 11.6 Å². The molecule has 0 radical (unpaired) electrons. The molecule has 23 heavy (non-hydrogen) atoms. The van der Waals surface area contributed by atoms with E-state index in [0.29, 0.717) is 11.5 Å². The van der Waals surface area contributed by atoms with Crippen molar-refractivity contribution in [3.8, 4) is 0 Å². The van der Waals surface area contributed by atoms with Gasteiger partial charge in [-0.05, 0) is 44.7 Å². The van der Waals surface area contributed by atoms with Gasteiger partial charge in [0, 0.05) is 31.2 Å². The van der Waals surface area contributed by atoms with E-state index in [4.69, 9.17) is 0 Å². The molecule has 0 bridgehead atoms. The van der Waals surface area contributed by atoms with Gasteiger partial charge in [0.15, 0.2) is 0 Å². The predicted octanol–water partition coefficient (Wildman–Crippen LogP) is 3.25. The summed E-state index contributed by atoms with van der Waals surface area (Å²) in [5, 5.41) is 2.98. The van der Waals surface area contributed by atoms with E-state index in [1.165, 1.54) is 18.4 Å². The first-order valence-corrected chi connectivity index (χ1v) is 8.01. The molecular formula is C18H22N4O. The highest BCUT2D eigenvalue weighted by molar-refractivity contribution is 6.04. The molecular weight excluding hydrogens is 288 g/mol. The van der Waals surface area contributed by atoms with Gasteiger partial charge in [-0.15, -0.1) is 0 Å². The highest BCUT2D eigenvalue weighted by Crippen LogP contribution is 2.22. The van der Waals surface area contributed by atoms with Crippen LogP contribution in [0.1, 0.15) is 39.9 Å². The third-order valence-corrected chi connectivity index (χ3v) is 4.20. The lowest BCUT2D eigenvalue weighted by Crippen LogP contribution is -2.21. The lowest BCUT2D eigenvalue weighted by atomic mass is 10.0. The smallest absolute Gasteiger partial charge is 0.258 e. The molecule has 0 unspecified atom stereocenters. The van der Waals surface area contributed by atoms with Crippen LogP contribution in [0, 0.1) is 20.8 Å². The molecule has 0 atom stereocenters. The van der Waals surface area contributed by atoms with Crippen LogP contribution < -0.4 is 10.2 Å². The summed E-state index contributed by atoms with van der Waals surface area (Å²) in [4.78, 5) is 23.3. The van der Waals surface area contributed by atoms with Crippen LogP contribution in [0.15, 0.2) is 24.5 Å². The Morgan fingerprint density at radius 1 is 1.04 bits per heavy atom. The first-order chi connectivity index (χ1) is 11.0. The van der Waals surface area contributed by atoms with E-state index in [1.54, 1.807) is 12.4 Å². The van der Waals surface area contributed by atoms with Gasteiger partial charge in [0.05, 0.1) is 5.56 Å². The fraction of sp³-hybridized carbons (Fsp3) is 0.389. The third kappa shape index (κ3) is 3.33. The number of benzene rings is 1. The van der Waals surface area contributed by atoms with E-state index in [1.807, 2.05) is 13.8 Å². The Morgan fingerprint density at radius 3 is 2.17 bits per heavy atom. The number of nitrogens with one attached hydrogen (secondary N) is 1. The van der Waals surface area contributed by atoms with Crippen LogP contribution in [0.3, 0.4) is 0 Å². The zero-order valence-corrected chi connectivity index (χ0v) is 13.9. The fourth-order valence-electron chi connectivity index (χ4n) is 3.08. The molecule has 1 amide bonds. The molecule has 5 nitrogen and oxygen atoms in total. The van der Waals surface area contributed by atoms with Crippen LogP contribution in [0.5, 0.6) is 0 Å². The van der Waals surface area contributed by atoms with Crippen LogP contribution >= 0.6 is 0 Å². The second-order valence-corrected chi connectivity index (χ2v) is 6.19. The maximum atomic E-state index is 12.4. The summed E-state index contributed by atoms with van der Waals surface area (Å²) in [6.45, 7) is 8.04. The lowest BCUT2D eigenvalue weighted by Gasteiger charge is -2.15. The number of nitrogens with zero attached hydrogens (tertiary/aromatic N) is 3. The molecule has 1 aliphatic heterocycles. The number of anilines is 2. The number of amides is 1. The molecule has 120 valence electrons. The predicted molar refractivity (Wildman–Crippen MR) is 92.1 cm³/mol. The van der Waals surface area contributed by atoms with Crippen molar-refractivity contribution in [3.63, 3.8) is 0 Å². The minimum Gasteiger partial charge on any atom is -0.341 e. The number of hydrogen-bond acceptors (Lipinski definition) is 4. The van der Waals surface area contributed by atoms with Crippen molar-refractivity contribution >= 4 is 17.5 Å². The minimum atomic E-state index is -0.173. The van der Waals surface area contributed by atoms with E-state index in [2.05, 4.69) is 39.2 Å². The van der Waals surface area contributed by atoms with Crippen molar-refractivity contribution < 1.29 is 4.79 Å². The van der Waals surface area contributed by atoms with Crippen LogP contribution in [-0.2, 0) is 0 Å². The Balaban J connectivity index is 1.76. The Labute approximate surface area is 136 Å². The van der Waals surface area contributed by atoms with E-state index in [9.17, 15) is 4.79 Å². The first kappa shape index (κ1) is 15.5. The zero-order chi connectivity index (χ0) is 16.4. The normalized spacial score (nSPS) is 14.1. The van der Waals surface area contributed by atoms with E-state index >= 15 is 0 Å². The van der Waals surface area contributed by atoms with Crippen LogP contribution in [-0.4, -0.2) is 29.0 Å². The standard InChI is InChI=1S/C18H22N4O/c1-12-8-13(2)16(14(3)9-12)21-17(23)15-10-19-18(20-11-15)22-6-4-5-7-22/h8-11H,4-7H2,1-3H3,(H,21,23). The van der Waals surface area contributed by atoms with Crippen molar-refractivity contribution in [2.24, 2.45) is 0 Å². The Hall–Kier alpha value is -2.43. The van der Waals surface area contributed by atoms with Gasteiger partial charge < -0.3 is 10.2 Å². The number of carbonyl (C=O) groups excluding carboxylic acids is 1. The zero-order valence-electron chi connectivity index (χ0n) is 13.9. The molecule has 2 heterocycles. The number of hydrogen-bond donors (Lipinski definition) is 1. The largest absolute Gasteiger partial charge is 0.341 e. The van der Waals surface area contributed by atoms with Gasteiger partial charge in [-0.25, -0.2) is 9.97 Å². The summed E-state index contributed by atoms with van der Waals surface area (Å²) in [5.41, 5.74) is 4.66. The second-order valence-electron chi connectivity index (χ2n) is 6.19. The van der Waals surface area contributed by atoms with Crippen molar-refractivity contribution in [1.82, 2.24) is 9.97 Å². The highest BCUT2D eigenvalue weighted by atomic mass is 16.1. The molecule has 0 spiro atoms. The van der Waals surface area contributed by atoms with Gasteiger partial charge in [-0.2, -0.15) is 0 Å². The Morgan fingerprint density at radius 2 is 1.61 bits per heavy atom. The summed E-state index contributed by atoms with van der Waals surface area (Å²) in [5.74, 6) is 0.537. The molecule has 0 aliphatic carbocycles. The second kappa shape index (κ2) is 6.36. The third-order valence-electron chi connectivity index (χ3n) is 4.20. The topological polar surface area (TPSA) is 58.1 Å². The summed E-state index contributed by atoms with van der Waals surface area (Å²) < 4.78 is 0. The van der Waals surface area contributed by atoms with Gasteiger partial charge in [0.2, 0.25) is 5.95 Å². The van der Waals surface area contributed by atoms with Gasteiger partial charge >= 0.3 is 0 Å². The molecule has 1 aliphatic rings. The van der Waals surface area contributed by atoms with E-state index < -0.39 is 0 Å². The number of carbonyl (C=O) groups is 1. The number of rotatable bonds is 3.